The second kappa shape index (κ2) is 9.42. The van der Waals surface area contributed by atoms with Crippen molar-refractivity contribution >= 4 is 11.8 Å². The smallest absolute Gasteiger partial charge is 0.0301 e. The zero-order chi connectivity index (χ0) is 13.2. The number of thioether (sulfide) groups is 1. The second-order valence-corrected chi connectivity index (χ2v) is 6.25. The third-order valence-electron chi connectivity index (χ3n) is 2.87. The molecule has 1 aromatic rings. The molecule has 0 radical (unpaired) electrons. The van der Waals surface area contributed by atoms with E-state index < -0.39 is 0 Å². The number of nitrogens with two attached hydrogens (primary N) is 1. The van der Waals surface area contributed by atoms with Crippen LogP contribution in [-0.2, 0) is 6.42 Å². The molecule has 3 N–H and O–H groups in total. The molecule has 0 aliphatic carbocycles. The van der Waals surface area contributed by atoms with E-state index in [0.717, 1.165) is 24.5 Å². The van der Waals surface area contributed by atoms with Gasteiger partial charge in [-0.1, -0.05) is 44.2 Å². The molecule has 0 amide bonds. The zero-order valence-electron chi connectivity index (χ0n) is 11.6. The van der Waals surface area contributed by atoms with Crippen molar-refractivity contribution in [3.63, 3.8) is 0 Å². The van der Waals surface area contributed by atoms with Gasteiger partial charge in [-0.3, -0.25) is 11.3 Å². The molecule has 18 heavy (non-hydrogen) atoms. The fourth-order valence-corrected chi connectivity index (χ4v) is 3.01. The Balaban J connectivity index is 2.15. The van der Waals surface area contributed by atoms with Crippen molar-refractivity contribution < 1.29 is 0 Å². The summed E-state index contributed by atoms with van der Waals surface area (Å²) in [5, 5.41) is 0. The van der Waals surface area contributed by atoms with Gasteiger partial charge in [0.1, 0.15) is 0 Å². The predicted octanol–water partition coefficient (Wildman–Crippen LogP) is 3.23. The Labute approximate surface area is 116 Å². The maximum atomic E-state index is 5.61. The molecule has 0 aromatic heterocycles. The highest BCUT2D eigenvalue weighted by Gasteiger charge is 2.07. The van der Waals surface area contributed by atoms with Crippen LogP contribution in [0.15, 0.2) is 30.3 Å². The van der Waals surface area contributed by atoms with Gasteiger partial charge < -0.3 is 0 Å². The number of nitrogens with one attached hydrogen (secondary N) is 1. The van der Waals surface area contributed by atoms with E-state index in [1.165, 1.54) is 17.7 Å². The van der Waals surface area contributed by atoms with Crippen LogP contribution in [0.4, 0.5) is 0 Å². The summed E-state index contributed by atoms with van der Waals surface area (Å²) in [5.74, 6) is 8.70. The summed E-state index contributed by atoms with van der Waals surface area (Å²) in [6, 6.07) is 11.1. The Hall–Kier alpha value is -0.510. The molecule has 1 unspecified atom stereocenters. The number of hydrazine groups is 1. The maximum Gasteiger partial charge on any atom is 0.0301 e. The number of rotatable bonds is 9. The highest BCUT2D eigenvalue weighted by Crippen LogP contribution is 2.12. The Morgan fingerprint density at radius 1 is 1.17 bits per heavy atom. The van der Waals surface area contributed by atoms with Crippen molar-refractivity contribution in [2.75, 3.05) is 11.5 Å². The number of hydrogen-bond donors (Lipinski definition) is 2. The van der Waals surface area contributed by atoms with E-state index in [1.807, 2.05) is 11.8 Å². The van der Waals surface area contributed by atoms with Gasteiger partial charge in [-0.05, 0) is 36.5 Å². The van der Waals surface area contributed by atoms with E-state index in [2.05, 4.69) is 49.6 Å². The molecule has 0 fully saturated rings. The molecule has 0 bridgehead atoms. The summed E-state index contributed by atoms with van der Waals surface area (Å²) in [4.78, 5) is 0. The lowest BCUT2D eigenvalue weighted by Gasteiger charge is -2.16. The van der Waals surface area contributed by atoms with Crippen molar-refractivity contribution in [2.45, 2.75) is 39.2 Å². The standard InChI is InChI=1S/C15H26N2S/c1-13(2)11-18-12-15(17-16)10-6-9-14-7-4-3-5-8-14/h3-5,7-8,13,15,17H,6,9-12,16H2,1-2H3. The van der Waals surface area contributed by atoms with Gasteiger partial charge in [0.25, 0.3) is 0 Å². The van der Waals surface area contributed by atoms with Crippen LogP contribution in [0.25, 0.3) is 0 Å². The van der Waals surface area contributed by atoms with Crippen molar-refractivity contribution in [2.24, 2.45) is 11.8 Å². The van der Waals surface area contributed by atoms with Crippen molar-refractivity contribution in [3.8, 4) is 0 Å². The molecule has 1 rings (SSSR count). The van der Waals surface area contributed by atoms with Crippen LogP contribution < -0.4 is 11.3 Å². The third kappa shape index (κ3) is 7.04. The van der Waals surface area contributed by atoms with Crippen LogP contribution >= 0.6 is 11.8 Å². The van der Waals surface area contributed by atoms with Crippen LogP contribution in [0.5, 0.6) is 0 Å². The van der Waals surface area contributed by atoms with Gasteiger partial charge in [0.2, 0.25) is 0 Å². The fourth-order valence-electron chi connectivity index (χ4n) is 1.86. The van der Waals surface area contributed by atoms with Crippen LogP contribution in [0, 0.1) is 5.92 Å². The molecule has 0 heterocycles. The predicted molar refractivity (Wildman–Crippen MR) is 82.7 cm³/mol. The highest BCUT2D eigenvalue weighted by atomic mass is 32.2. The van der Waals surface area contributed by atoms with E-state index in [1.54, 1.807) is 0 Å². The molecule has 1 atom stereocenters. The molecule has 0 spiro atoms. The first-order chi connectivity index (χ1) is 8.72. The first-order valence-corrected chi connectivity index (χ1v) is 7.95. The maximum absolute atomic E-state index is 5.61. The van der Waals surface area contributed by atoms with E-state index in [0.29, 0.717) is 6.04 Å². The molecule has 102 valence electrons. The minimum Gasteiger partial charge on any atom is -0.271 e. The van der Waals surface area contributed by atoms with Crippen LogP contribution in [-0.4, -0.2) is 17.5 Å². The lowest BCUT2D eigenvalue weighted by molar-refractivity contribution is 0.519. The van der Waals surface area contributed by atoms with Crippen molar-refractivity contribution in [1.82, 2.24) is 5.43 Å². The average Bonchev–Trinajstić information content (AvgIpc) is 2.38. The van der Waals surface area contributed by atoms with Gasteiger partial charge in [0.15, 0.2) is 0 Å². The van der Waals surface area contributed by atoms with E-state index >= 15 is 0 Å². The third-order valence-corrected chi connectivity index (χ3v) is 4.41. The Morgan fingerprint density at radius 3 is 2.50 bits per heavy atom. The van der Waals surface area contributed by atoms with Gasteiger partial charge in [-0.2, -0.15) is 11.8 Å². The summed E-state index contributed by atoms with van der Waals surface area (Å²) in [6.45, 7) is 4.51. The SMILES string of the molecule is CC(C)CSCC(CCCc1ccccc1)NN. The van der Waals surface area contributed by atoms with E-state index in [9.17, 15) is 0 Å². The summed E-state index contributed by atoms with van der Waals surface area (Å²) in [6.07, 6.45) is 3.49. The molecule has 1 aromatic carbocycles. The monoisotopic (exact) mass is 266 g/mol. The minimum absolute atomic E-state index is 0.442. The van der Waals surface area contributed by atoms with E-state index in [-0.39, 0.29) is 0 Å². The molecule has 2 nitrogen and oxygen atoms in total. The summed E-state index contributed by atoms with van der Waals surface area (Å²) in [7, 11) is 0. The second-order valence-electron chi connectivity index (χ2n) is 5.17. The first kappa shape index (κ1) is 15.5. The number of aryl methyl sites for hydroxylation is 1. The lowest BCUT2D eigenvalue weighted by Crippen LogP contribution is -2.37. The van der Waals surface area contributed by atoms with Crippen molar-refractivity contribution in [1.29, 1.82) is 0 Å². The topological polar surface area (TPSA) is 38.0 Å². The fraction of sp³-hybridized carbons (Fsp3) is 0.600. The van der Waals surface area contributed by atoms with Crippen LogP contribution in [0.2, 0.25) is 0 Å². The van der Waals surface area contributed by atoms with Crippen molar-refractivity contribution in [3.05, 3.63) is 35.9 Å². The Kier molecular flexibility index (Phi) is 8.14. The summed E-state index contributed by atoms with van der Waals surface area (Å²) >= 11 is 2.00. The van der Waals surface area contributed by atoms with Gasteiger partial charge in [0.05, 0.1) is 0 Å². The highest BCUT2D eigenvalue weighted by molar-refractivity contribution is 7.99. The Morgan fingerprint density at radius 2 is 1.89 bits per heavy atom. The molecule has 0 saturated carbocycles. The van der Waals surface area contributed by atoms with Gasteiger partial charge in [-0.15, -0.1) is 0 Å². The quantitative estimate of drug-likeness (QED) is 0.532. The first-order valence-electron chi connectivity index (χ1n) is 6.80. The van der Waals surface area contributed by atoms with E-state index in [4.69, 9.17) is 5.84 Å². The molecular formula is C15H26N2S. The zero-order valence-corrected chi connectivity index (χ0v) is 12.4. The molecule has 3 heteroatoms. The van der Waals surface area contributed by atoms with Gasteiger partial charge in [0, 0.05) is 11.8 Å². The normalized spacial score (nSPS) is 12.9. The molecule has 0 aliphatic heterocycles. The summed E-state index contributed by atoms with van der Waals surface area (Å²) in [5.41, 5.74) is 4.36. The average molecular weight is 266 g/mol. The summed E-state index contributed by atoms with van der Waals surface area (Å²) < 4.78 is 0. The molecule has 0 aliphatic rings. The van der Waals surface area contributed by atoms with Crippen LogP contribution in [0.3, 0.4) is 0 Å². The molecule has 0 saturated heterocycles. The van der Waals surface area contributed by atoms with Crippen LogP contribution in [0.1, 0.15) is 32.3 Å². The van der Waals surface area contributed by atoms with Gasteiger partial charge in [-0.25, -0.2) is 0 Å². The molecular weight excluding hydrogens is 240 g/mol. The minimum atomic E-state index is 0.442. The Bertz CT molecular complexity index is 301. The number of benzene rings is 1. The number of hydrogen-bond acceptors (Lipinski definition) is 3. The van der Waals surface area contributed by atoms with Gasteiger partial charge >= 0.3 is 0 Å². The lowest BCUT2D eigenvalue weighted by atomic mass is 10.1. The largest absolute Gasteiger partial charge is 0.271 e.